The summed E-state index contributed by atoms with van der Waals surface area (Å²) in [6.07, 6.45) is 7.77. The van der Waals surface area contributed by atoms with Gasteiger partial charge in [0, 0.05) is 42.7 Å². The zero-order valence-corrected chi connectivity index (χ0v) is 16.3. The van der Waals surface area contributed by atoms with Gasteiger partial charge in [-0.05, 0) is 43.7 Å². The Kier molecular flexibility index (Phi) is 3.90. The van der Waals surface area contributed by atoms with Crippen molar-refractivity contribution >= 4 is 22.6 Å². The van der Waals surface area contributed by atoms with E-state index in [4.69, 9.17) is 5.73 Å². The Labute approximate surface area is 167 Å². The van der Waals surface area contributed by atoms with Crippen molar-refractivity contribution in [1.82, 2.24) is 4.57 Å². The van der Waals surface area contributed by atoms with Crippen LogP contribution in [0.15, 0.2) is 35.3 Å². The van der Waals surface area contributed by atoms with E-state index in [2.05, 4.69) is 12.2 Å². The third kappa shape index (κ3) is 2.56. The van der Waals surface area contributed by atoms with E-state index in [1.54, 1.807) is 10.6 Å². The highest BCUT2D eigenvalue weighted by atomic mass is 19.1. The third-order valence-electron chi connectivity index (χ3n) is 7.23. The minimum atomic E-state index is -1.30. The van der Waals surface area contributed by atoms with Crippen molar-refractivity contribution in [2.24, 2.45) is 23.5 Å². The Morgan fingerprint density at radius 1 is 1.38 bits per heavy atom. The Hall–Kier alpha value is -2.67. The molecule has 0 spiro atoms. The van der Waals surface area contributed by atoms with Gasteiger partial charge in [0.05, 0.1) is 11.2 Å². The number of aryl methyl sites for hydroxylation is 1. The van der Waals surface area contributed by atoms with E-state index in [0.29, 0.717) is 42.0 Å². The molecule has 0 radical (unpaired) electrons. The molecule has 1 saturated heterocycles. The van der Waals surface area contributed by atoms with Gasteiger partial charge in [0.2, 0.25) is 5.43 Å². The van der Waals surface area contributed by atoms with Crippen molar-refractivity contribution in [1.29, 1.82) is 0 Å². The highest BCUT2D eigenvalue weighted by Crippen LogP contribution is 2.50. The van der Waals surface area contributed by atoms with E-state index in [1.165, 1.54) is 12.3 Å². The molecule has 6 nitrogen and oxygen atoms in total. The first-order valence-electron chi connectivity index (χ1n) is 10.2. The number of fused-ring (bicyclic) bond motifs is 2. The summed E-state index contributed by atoms with van der Waals surface area (Å²) in [5.41, 5.74) is 6.35. The monoisotopic (exact) mass is 397 g/mol. The number of nitrogens with two attached hydrogens (primary N) is 1. The van der Waals surface area contributed by atoms with Crippen LogP contribution in [0.5, 0.6) is 0 Å². The van der Waals surface area contributed by atoms with Gasteiger partial charge >= 0.3 is 5.97 Å². The highest BCUT2D eigenvalue weighted by Gasteiger charge is 2.52. The van der Waals surface area contributed by atoms with Gasteiger partial charge < -0.3 is 20.3 Å². The second-order valence-electron chi connectivity index (χ2n) is 8.63. The van der Waals surface area contributed by atoms with E-state index >= 15 is 4.39 Å². The second kappa shape index (κ2) is 6.16. The van der Waals surface area contributed by atoms with Crippen LogP contribution in [0, 0.1) is 23.6 Å². The standard InChI is InChI=1S/C22H24FN3O3/c1-2-25-10-15(21(28)29)20(27)13-7-17(23)19(8-18(13)25)26-9-14-12-3-5-22(24,6-4-12)16(14)11-26/h3,5,7-8,10,12,14,16H,2,4,6,9,11,24H2,1H3,(H,28,29). The number of halogens is 1. The largest absolute Gasteiger partial charge is 0.477 e. The number of aromatic carboxylic acids is 1. The minimum Gasteiger partial charge on any atom is -0.477 e. The second-order valence-corrected chi connectivity index (χ2v) is 8.63. The van der Waals surface area contributed by atoms with E-state index in [-0.39, 0.29) is 16.5 Å². The van der Waals surface area contributed by atoms with Crippen molar-refractivity contribution in [2.45, 2.75) is 31.8 Å². The van der Waals surface area contributed by atoms with Gasteiger partial charge in [0.15, 0.2) is 0 Å². The molecule has 2 heterocycles. The number of aromatic nitrogens is 1. The lowest BCUT2D eigenvalue weighted by molar-refractivity contribution is 0.0695. The zero-order chi connectivity index (χ0) is 20.5. The first-order valence-corrected chi connectivity index (χ1v) is 10.2. The predicted molar refractivity (Wildman–Crippen MR) is 109 cm³/mol. The number of allylic oxidation sites excluding steroid dienone is 1. The topological polar surface area (TPSA) is 88.6 Å². The molecule has 2 bridgehead atoms. The lowest BCUT2D eigenvalue weighted by atomic mass is 9.60. The van der Waals surface area contributed by atoms with Gasteiger partial charge in [-0.3, -0.25) is 4.79 Å². The number of hydrogen-bond acceptors (Lipinski definition) is 4. The molecule has 0 amide bonds. The number of rotatable bonds is 3. The van der Waals surface area contributed by atoms with Gasteiger partial charge in [0.1, 0.15) is 11.4 Å². The van der Waals surface area contributed by atoms with Gasteiger partial charge in [0.25, 0.3) is 0 Å². The van der Waals surface area contributed by atoms with E-state index in [0.717, 1.165) is 19.4 Å². The van der Waals surface area contributed by atoms with Crippen LogP contribution in [-0.4, -0.2) is 34.3 Å². The van der Waals surface area contributed by atoms with Crippen LogP contribution in [0.3, 0.4) is 0 Å². The number of carbonyl (C=O) groups is 1. The fourth-order valence-electron chi connectivity index (χ4n) is 5.65. The minimum absolute atomic E-state index is 0.0987. The summed E-state index contributed by atoms with van der Waals surface area (Å²) in [5.74, 6) is -0.597. The van der Waals surface area contributed by atoms with E-state index in [1.807, 2.05) is 11.8 Å². The Bertz CT molecular complexity index is 1120. The number of nitrogens with zero attached hydrogens (tertiary/aromatic N) is 2. The molecule has 1 aromatic heterocycles. The molecular formula is C22H24FN3O3. The molecule has 29 heavy (non-hydrogen) atoms. The maximum absolute atomic E-state index is 15.1. The normalized spacial score (nSPS) is 30.2. The lowest BCUT2D eigenvalue weighted by Gasteiger charge is -2.47. The van der Waals surface area contributed by atoms with Gasteiger partial charge in [-0.15, -0.1) is 0 Å². The third-order valence-corrected chi connectivity index (χ3v) is 7.23. The summed E-state index contributed by atoms with van der Waals surface area (Å²) in [5, 5.41) is 9.41. The molecular weight excluding hydrogens is 373 g/mol. The molecule has 2 fully saturated rings. The molecule has 152 valence electrons. The maximum atomic E-state index is 15.1. The number of benzene rings is 1. The molecule has 1 aromatic carbocycles. The van der Waals surface area contributed by atoms with Crippen LogP contribution < -0.4 is 16.1 Å². The average Bonchev–Trinajstić information content (AvgIpc) is 3.16. The molecule has 1 aliphatic heterocycles. The maximum Gasteiger partial charge on any atom is 0.341 e. The SMILES string of the molecule is CCn1cc(C(=O)O)c(=O)c2cc(F)c(N3CC4C5C=CC(N)(CC5)C4C3)cc21. The van der Waals surface area contributed by atoms with Crippen molar-refractivity contribution < 1.29 is 14.3 Å². The summed E-state index contributed by atoms with van der Waals surface area (Å²) in [7, 11) is 0. The quantitative estimate of drug-likeness (QED) is 0.778. The first-order chi connectivity index (χ1) is 13.8. The molecule has 3 N–H and O–H groups in total. The molecule has 7 heteroatoms. The molecule has 4 atom stereocenters. The first kappa shape index (κ1) is 18.4. The summed E-state index contributed by atoms with van der Waals surface area (Å²) >= 11 is 0. The zero-order valence-electron chi connectivity index (χ0n) is 16.3. The predicted octanol–water partition coefficient (Wildman–Crippen LogP) is 2.59. The smallest absolute Gasteiger partial charge is 0.341 e. The molecule has 6 rings (SSSR count). The fraction of sp³-hybridized carbons (Fsp3) is 0.455. The lowest BCUT2D eigenvalue weighted by Crippen LogP contribution is -2.55. The van der Waals surface area contributed by atoms with Crippen molar-refractivity contribution in [3.8, 4) is 0 Å². The van der Waals surface area contributed by atoms with Crippen LogP contribution in [0.2, 0.25) is 0 Å². The van der Waals surface area contributed by atoms with Crippen molar-refractivity contribution in [2.75, 3.05) is 18.0 Å². The summed E-state index contributed by atoms with van der Waals surface area (Å²) in [6, 6.07) is 2.88. The molecule has 1 saturated carbocycles. The number of pyridine rings is 1. The molecule has 4 unspecified atom stereocenters. The summed E-state index contributed by atoms with van der Waals surface area (Å²) in [6.45, 7) is 3.77. The van der Waals surface area contributed by atoms with E-state index < -0.39 is 17.2 Å². The van der Waals surface area contributed by atoms with Gasteiger partial charge in [-0.1, -0.05) is 12.2 Å². The Balaban J connectivity index is 1.60. The van der Waals surface area contributed by atoms with Crippen LogP contribution >= 0.6 is 0 Å². The van der Waals surface area contributed by atoms with Crippen molar-refractivity contribution in [3.05, 3.63) is 52.1 Å². The van der Waals surface area contributed by atoms with Crippen molar-refractivity contribution in [3.63, 3.8) is 0 Å². The van der Waals surface area contributed by atoms with Gasteiger partial charge in [-0.25, -0.2) is 9.18 Å². The van der Waals surface area contributed by atoms with Crippen LogP contribution in [0.25, 0.3) is 10.9 Å². The molecule has 4 aliphatic rings. The fourth-order valence-corrected chi connectivity index (χ4v) is 5.65. The number of hydrogen-bond donors (Lipinski definition) is 2. The summed E-state index contributed by atoms with van der Waals surface area (Å²) in [4.78, 5) is 26.0. The number of carboxylic acids is 1. The van der Waals surface area contributed by atoms with Crippen LogP contribution in [-0.2, 0) is 6.54 Å². The van der Waals surface area contributed by atoms with Gasteiger partial charge in [-0.2, -0.15) is 0 Å². The summed E-state index contributed by atoms with van der Waals surface area (Å²) < 4.78 is 16.8. The Morgan fingerprint density at radius 3 is 2.79 bits per heavy atom. The highest BCUT2D eigenvalue weighted by molar-refractivity contribution is 5.93. The average molecular weight is 397 g/mol. The molecule has 2 aromatic rings. The van der Waals surface area contributed by atoms with E-state index in [9.17, 15) is 14.7 Å². The van der Waals surface area contributed by atoms with Crippen LogP contribution in [0.4, 0.5) is 10.1 Å². The number of anilines is 1. The van der Waals surface area contributed by atoms with Crippen LogP contribution in [0.1, 0.15) is 30.1 Å². The Morgan fingerprint density at radius 2 is 2.17 bits per heavy atom. The molecule has 3 aliphatic carbocycles. The number of carboxylic acid groups (broad SMARTS) is 1.